The van der Waals surface area contributed by atoms with Gasteiger partial charge in [-0.25, -0.2) is 0 Å². The molecule has 0 aliphatic rings. The molecule has 0 unspecified atom stereocenters. The van der Waals surface area contributed by atoms with Gasteiger partial charge in [-0.2, -0.15) is 0 Å². The van der Waals surface area contributed by atoms with Crippen molar-refractivity contribution in [2.45, 2.75) is 13.3 Å². The van der Waals surface area contributed by atoms with Crippen molar-refractivity contribution in [1.29, 1.82) is 0 Å². The number of benzene rings is 2. The van der Waals surface area contributed by atoms with Crippen molar-refractivity contribution in [3.05, 3.63) is 47.5 Å². The normalized spacial score (nSPS) is 10.1. The monoisotopic (exact) mass is 315 g/mol. The topological polar surface area (TPSA) is 56.8 Å². The molecule has 0 aromatic heterocycles. The van der Waals surface area contributed by atoms with Crippen molar-refractivity contribution >= 4 is 11.6 Å². The van der Waals surface area contributed by atoms with Crippen LogP contribution in [0.15, 0.2) is 36.4 Å². The SMILES string of the molecule is COc1ccc(NC(=O)Cc2cc(C)ccc2OC)c(OC)c1. The molecular weight excluding hydrogens is 294 g/mol. The molecule has 1 N–H and O–H groups in total. The number of hydrogen-bond donors (Lipinski definition) is 1. The molecule has 23 heavy (non-hydrogen) atoms. The average Bonchev–Trinajstić information content (AvgIpc) is 2.55. The number of hydrogen-bond acceptors (Lipinski definition) is 4. The minimum atomic E-state index is -0.141. The van der Waals surface area contributed by atoms with E-state index in [-0.39, 0.29) is 12.3 Å². The van der Waals surface area contributed by atoms with E-state index >= 15 is 0 Å². The molecule has 0 atom stereocenters. The number of carbonyl (C=O) groups excluding carboxylic acids is 1. The van der Waals surface area contributed by atoms with Crippen LogP contribution < -0.4 is 19.5 Å². The van der Waals surface area contributed by atoms with E-state index in [1.165, 1.54) is 0 Å². The van der Waals surface area contributed by atoms with Crippen molar-refractivity contribution in [1.82, 2.24) is 0 Å². The lowest BCUT2D eigenvalue weighted by molar-refractivity contribution is -0.115. The molecular formula is C18H21NO4. The van der Waals surface area contributed by atoms with Gasteiger partial charge in [-0.1, -0.05) is 17.7 Å². The Morgan fingerprint density at radius 3 is 2.35 bits per heavy atom. The average molecular weight is 315 g/mol. The van der Waals surface area contributed by atoms with Gasteiger partial charge in [-0.05, 0) is 25.1 Å². The van der Waals surface area contributed by atoms with E-state index in [1.807, 2.05) is 25.1 Å². The highest BCUT2D eigenvalue weighted by atomic mass is 16.5. The van der Waals surface area contributed by atoms with Crippen LogP contribution in [0.3, 0.4) is 0 Å². The van der Waals surface area contributed by atoms with E-state index < -0.39 is 0 Å². The molecule has 0 aliphatic heterocycles. The summed E-state index contributed by atoms with van der Waals surface area (Å²) >= 11 is 0. The fourth-order valence-electron chi connectivity index (χ4n) is 2.31. The van der Waals surface area contributed by atoms with E-state index in [4.69, 9.17) is 14.2 Å². The first-order chi connectivity index (χ1) is 11.1. The standard InChI is InChI=1S/C18H21NO4/c1-12-5-8-16(22-3)13(9-12)10-18(20)19-15-7-6-14(21-2)11-17(15)23-4/h5-9,11H,10H2,1-4H3,(H,19,20). The predicted octanol–water partition coefficient (Wildman–Crippen LogP) is 3.20. The first-order valence-corrected chi connectivity index (χ1v) is 7.22. The Balaban J connectivity index is 2.15. The number of methoxy groups -OCH3 is 3. The Bertz CT molecular complexity index is 697. The molecule has 122 valence electrons. The number of carbonyl (C=O) groups is 1. The summed E-state index contributed by atoms with van der Waals surface area (Å²) in [5, 5.41) is 2.86. The lowest BCUT2D eigenvalue weighted by Gasteiger charge is -2.13. The summed E-state index contributed by atoms with van der Waals surface area (Å²) in [6.45, 7) is 1.98. The first-order valence-electron chi connectivity index (χ1n) is 7.22. The van der Waals surface area contributed by atoms with Crippen LogP contribution in [-0.2, 0) is 11.2 Å². The van der Waals surface area contributed by atoms with E-state index in [0.29, 0.717) is 22.9 Å². The summed E-state index contributed by atoms with van der Waals surface area (Å²) in [6.07, 6.45) is 0.222. The van der Waals surface area contributed by atoms with Crippen LogP contribution in [0.5, 0.6) is 17.2 Å². The highest BCUT2D eigenvalue weighted by molar-refractivity contribution is 5.94. The fourth-order valence-corrected chi connectivity index (χ4v) is 2.31. The molecule has 0 bridgehead atoms. The Kier molecular flexibility index (Phi) is 5.46. The van der Waals surface area contributed by atoms with E-state index in [9.17, 15) is 4.79 Å². The van der Waals surface area contributed by atoms with Crippen molar-refractivity contribution < 1.29 is 19.0 Å². The summed E-state index contributed by atoms with van der Waals surface area (Å²) in [6, 6.07) is 11.0. The lowest BCUT2D eigenvalue weighted by atomic mass is 10.1. The zero-order valence-electron chi connectivity index (χ0n) is 13.8. The summed E-state index contributed by atoms with van der Waals surface area (Å²) < 4.78 is 15.7. The Morgan fingerprint density at radius 2 is 1.70 bits per heavy atom. The molecule has 2 aromatic rings. The van der Waals surface area contributed by atoms with Crippen LogP contribution in [0.4, 0.5) is 5.69 Å². The molecule has 0 aliphatic carbocycles. The predicted molar refractivity (Wildman–Crippen MR) is 89.6 cm³/mol. The second-order valence-corrected chi connectivity index (χ2v) is 5.11. The third-order valence-corrected chi connectivity index (χ3v) is 3.47. The van der Waals surface area contributed by atoms with Crippen molar-refractivity contribution in [2.24, 2.45) is 0 Å². The second kappa shape index (κ2) is 7.54. The number of anilines is 1. The van der Waals surface area contributed by atoms with E-state index in [0.717, 1.165) is 11.1 Å². The van der Waals surface area contributed by atoms with Crippen molar-refractivity contribution in [2.75, 3.05) is 26.6 Å². The van der Waals surface area contributed by atoms with Gasteiger partial charge in [0.1, 0.15) is 17.2 Å². The number of amides is 1. The molecule has 1 amide bonds. The van der Waals surface area contributed by atoms with Gasteiger partial charge in [0.05, 0.1) is 33.4 Å². The molecule has 2 rings (SSSR count). The molecule has 5 heteroatoms. The minimum absolute atomic E-state index is 0.141. The molecule has 0 saturated carbocycles. The lowest BCUT2D eigenvalue weighted by Crippen LogP contribution is -2.15. The Hall–Kier alpha value is -2.69. The van der Waals surface area contributed by atoms with Crippen LogP contribution in [0.2, 0.25) is 0 Å². The third-order valence-electron chi connectivity index (χ3n) is 3.47. The van der Waals surface area contributed by atoms with Crippen molar-refractivity contribution in [3.8, 4) is 17.2 Å². The van der Waals surface area contributed by atoms with Crippen LogP contribution in [0.1, 0.15) is 11.1 Å². The molecule has 0 spiro atoms. The van der Waals surface area contributed by atoms with Gasteiger partial charge in [-0.15, -0.1) is 0 Å². The number of rotatable bonds is 6. The summed E-state index contributed by atoms with van der Waals surface area (Å²) in [5.41, 5.74) is 2.53. The maximum absolute atomic E-state index is 12.3. The second-order valence-electron chi connectivity index (χ2n) is 5.11. The van der Waals surface area contributed by atoms with E-state index in [1.54, 1.807) is 39.5 Å². The van der Waals surface area contributed by atoms with Crippen LogP contribution in [0, 0.1) is 6.92 Å². The highest BCUT2D eigenvalue weighted by Gasteiger charge is 2.12. The smallest absolute Gasteiger partial charge is 0.229 e. The first kappa shape index (κ1) is 16.7. The summed E-state index contributed by atoms with van der Waals surface area (Å²) in [4.78, 5) is 12.3. The number of aryl methyl sites for hydroxylation is 1. The minimum Gasteiger partial charge on any atom is -0.497 e. The van der Waals surface area contributed by atoms with Gasteiger partial charge in [0.2, 0.25) is 5.91 Å². The quantitative estimate of drug-likeness (QED) is 0.889. The van der Waals surface area contributed by atoms with Gasteiger partial charge < -0.3 is 19.5 Å². The number of nitrogens with one attached hydrogen (secondary N) is 1. The number of ether oxygens (including phenoxy) is 3. The van der Waals surface area contributed by atoms with Crippen molar-refractivity contribution in [3.63, 3.8) is 0 Å². The molecule has 0 radical (unpaired) electrons. The Labute approximate surface area is 136 Å². The molecule has 0 heterocycles. The van der Waals surface area contributed by atoms with Gasteiger partial charge in [0.25, 0.3) is 0 Å². The third kappa shape index (κ3) is 4.16. The maximum atomic E-state index is 12.3. The molecule has 2 aromatic carbocycles. The van der Waals surface area contributed by atoms with Crippen LogP contribution in [-0.4, -0.2) is 27.2 Å². The largest absolute Gasteiger partial charge is 0.497 e. The maximum Gasteiger partial charge on any atom is 0.229 e. The molecule has 0 fully saturated rings. The fraction of sp³-hybridized carbons (Fsp3) is 0.278. The van der Waals surface area contributed by atoms with Crippen LogP contribution in [0.25, 0.3) is 0 Å². The molecule has 5 nitrogen and oxygen atoms in total. The van der Waals surface area contributed by atoms with Gasteiger partial charge in [0.15, 0.2) is 0 Å². The molecule has 0 saturated heterocycles. The van der Waals surface area contributed by atoms with Gasteiger partial charge >= 0.3 is 0 Å². The zero-order chi connectivity index (χ0) is 16.8. The van der Waals surface area contributed by atoms with Crippen LogP contribution >= 0.6 is 0 Å². The Morgan fingerprint density at radius 1 is 0.957 bits per heavy atom. The summed E-state index contributed by atoms with van der Waals surface area (Å²) in [7, 11) is 4.73. The van der Waals surface area contributed by atoms with E-state index in [2.05, 4.69) is 5.32 Å². The van der Waals surface area contributed by atoms with Gasteiger partial charge in [-0.3, -0.25) is 4.79 Å². The highest BCUT2D eigenvalue weighted by Crippen LogP contribution is 2.29. The summed E-state index contributed by atoms with van der Waals surface area (Å²) in [5.74, 6) is 1.78. The zero-order valence-corrected chi connectivity index (χ0v) is 13.8. The van der Waals surface area contributed by atoms with Gasteiger partial charge in [0, 0.05) is 11.6 Å².